The summed E-state index contributed by atoms with van der Waals surface area (Å²) in [5.74, 6) is -0.315. The number of esters is 1. The second-order valence-corrected chi connectivity index (χ2v) is 5.33. The molecule has 17 heavy (non-hydrogen) atoms. The van der Waals surface area contributed by atoms with Gasteiger partial charge in [-0.15, -0.1) is 0 Å². The fourth-order valence-electron chi connectivity index (χ4n) is 1.45. The second kappa shape index (κ2) is 5.52. The van der Waals surface area contributed by atoms with E-state index in [1.165, 1.54) is 0 Å². The van der Waals surface area contributed by atoms with E-state index < -0.39 is 11.6 Å². The summed E-state index contributed by atoms with van der Waals surface area (Å²) in [6.45, 7) is 5.48. The van der Waals surface area contributed by atoms with Crippen molar-refractivity contribution in [3.63, 3.8) is 0 Å². The Hall–Kier alpha value is -1.06. The van der Waals surface area contributed by atoms with Crippen LogP contribution in [0, 0.1) is 0 Å². The molecule has 0 aliphatic rings. The van der Waals surface area contributed by atoms with Gasteiger partial charge in [-0.2, -0.15) is 0 Å². The zero-order valence-electron chi connectivity index (χ0n) is 10.4. The number of benzene rings is 1. The van der Waals surface area contributed by atoms with Crippen molar-refractivity contribution in [2.24, 2.45) is 5.73 Å². The summed E-state index contributed by atoms with van der Waals surface area (Å²) in [7, 11) is 0. The Labute approximate surface area is 107 Å². The van der Waals surface area contributed by atoms with E-state index in [2.05, 4.69) is 0 Å². The first-order valence-corrected chi connectivity index (χ1v) is 5.89. The Kier molecular flexibility index (Phi) is 4.54. The number of rotatable bonds is 3. The summed E-state index contributed by atoms with van der Waals surface area (Å²) in [6.07, 6.45) is 0.126. The van der Waals surface area contributed by atoms with Crippen LogP contribution in [0.4, 0.5) is 0 Å². The van der Waals surface area contributed by atoms with E-state index in [1.54, 1.807) is 6.07 Å². The van der Waals surface area contributed by atoms with Gasteiger partial charge in [-0.1, -0.05) is 29.8 Å². The molecule has 0 aliphatic heterocycles. The van der Waals surface area contributed by atoms with E-state index in [0.717, 1.165) is 5.56 Å². The number of ether oxygens (including phenoxy) is 1. The van der Waals surface area contributed by atoms with Crippen LogP contribution in [-0.2, 0) is 9.53 Å². The summed E-state index contributed by atoms with van der Waals surface area (Å²) in [4.78, 5) is 11.6. The Bertz CT molecular complexity index is 399. The summed E-state index contributed by atoms with van der Waals surface area (Å²) in [6, 6.07) is 6.81. The molecule has 1 aromatic carbocycles. The van der Waals surface area contributed by atoms with Gasteiger partial charge in [0.1, 0.15) is 5.60 Å². The molecule has 0 aromatic heterocycles. The van der Waals surface area contributed by atoms with Gasteiger partial charge in [0.05, 0.1) is 6.42 Å². The average molecular weight is 256 g/mol. The van der Waals surface area contributed by atoms with Crippen molar-refractivity contribution in [3.8, 4) is 0 Å². The fraction of sp³-hybridized carbons (Fsp3) is 0.462. The Morgan fingerprint density at radius 3 is 2.53 bits per heavy atom. The lowest BCUT2D eigenvalue weighted by atomic mass is 10.0. The van der Waals surface area contributed by atoms with Crippen LogP contribution in [0.5, 0.6) is 0 Å². The highest BCUT2D eigenvalue weighted by atomic mass is 35.5. The molecule has 4 heteroatoms. The standard InChI is InChI=1S/C13H18ClNO2/c1-13(2,3)17-12(16)8-11(15)9-6-4-5-7-10(9)14/h4-7,11H,8,15H2,1-3H3/t11-/m1/s1. The molecule has 0 radical (unpaired) electrons. The van der Waals surface area contributed by atoms with Crippen LogP contribution in [0.15, 0.2) is 24.3 Å². The first-order chi connectivity index (χ1) is 7.79. The number of hydrogen-bond acceptors (Lipinski definition) is 3. The molecule has 1 rings (SSSR count). The summed E-state index contributed by atoms with van der Waals surface area (Å²) < 4.78 is 5.21. The number of carbonyl (C=O) groups is 1. The summed E-state index contributed by atoms with van der Waals surface area (Å²) in [5.41, 5.74) is 6.21. The maximum atomic E-state index is 11.6. The van der Waals surface area contributed by atoms with Crippen LogP contribution >= 0.6 is 11.6 Å². The number of hydrogen-bond donors (Lipinski definition) is 1. The van der Waals surface area contributed by atoms with Gasteiger partial charge in [-0.05, 0) is 32.4 Å². The third kappa shape index (κ3) is 4.75. The lowest BCUT2D eigenvalue weighted by Crippen LogP contribution is -2.26. The first-order valence-electron chi connectivity index (χ1n) is 5.51. The van der Waals surface area contributed by atoms with Crippen molar-refractivity contribution in [1.82, 2.24) is 0 Å². The molecule has 3 nitrogen and oxygen atoms in total. The largest absolute Gasteiger partial charge is 0.460 e. The molecule has 0 heterocycles. The molecule has 0 bridgehead atoms. The molecule has 0 unspecified atom stereocenters. The molecule has 0 saturated heterocycles. The molecule has 94 valence electrons. The highest BCUT2D eigenvalue weighted by Crippen LogP contribution is 2.24. The van der Waals surface area contributed by atoms with Crippen LogP contribution < -0.4 is 5.73 Å². The van der Waals surface area contributed by atoms with Gasteiger partial charge in [-0.3, -0.25) is 4.79 Å². The summed E-state index contributed by atoms with van der Waals surface area (Å²) in [5, 5.41) is 0.573. The van der Waals surface area contributed by atoms with E-state index in [9.17, 15) is 4.79 Å². The van der Waals surface area contributed by atoms with Crippen LogP contribution in [-0.4, -0.2) is 11.6 Å². The third-order valence-electron chi connectivity index (χ3n) is 2.11. The van der Waals surface area contributed by atoms with Gasteiger partial charge < -0.3 is 10.5 Å². The van der Waals surface area contributed by atoms with Crippen molar-refractivity contribution in [3.05, 3.63) is 34.9 Å². The van der Waals surface area contributed by atoms with Crippen molar-refractivity contribution >= 4 is 17.6 Å². The lowest BCUT2D eigenvalue weighted by Gasteiger charge is -2.21. The average Bonchev–Trinajstić information content (AvgIpc) is 2.14. The summed E-state index contributed by atoms with van der Waals surface area (Å²) >= 11 is 6.00. The minimum absolute atomic E-state index is 0.126. The van der Waals surface area contributed by atoms with Gasteiger partial charge in [0.15, 0.2) is 0 Å². The van der Waals surface area contributed by atoms with E-state index in [1.807, 2.05) is 39.0 Å². The fourth-order valence-corrected chi connectivity index (χ4v) is 1.72. The first kappa shape index (κ1) is 14.0. The molecule has 1 aromatic rings. The molecule has 0 fully saturated rings. The molecule has 0 aliphatic carbocycles. The monoisotopic (exact) mass is 255 g/mol. The highest BCUT2D eigenvalue weighted by molar-refractivity contribution is 6.31. The molecule has 2 N–H and O–H groups in total. The zero-order chi connectivity index (χ0) is 13.1. The number of carbonyl (C=O) groups excluding carboxylic acids is 1. The predicted molar refractivity (Wildman–Crippen MR) is 68.8 cm³/mol. The Morgan fingerprint density at radius 2 is 2.00 bits per heavy atom. The maximum Gasteiger partial charge on any atom is 0.308 e. The molecular weight excluding hydrogens is 238 g/mol. The smallest absolute Gasteiger partial charge is 0.308 e. The van der Waals surface area contributed by atoms with Gasteiger partial charge in [-0.25, -0.2) is 0 Å². The maximum absolute atomic E-state index is 11.6. The van der Waals surface area contributed by atoms with Gasteiger partial charge in [0.25, 0.3) is 0 Å². The minimum Gasteiger partial charge on any atom is -0.460 e. The van der Waals surface area contributed by atoms with Crippen LogP contribution in [0.25, 0.3) is 0 Å². The number of halogens is 1. The predicted octanol–water partition coefficient (Wildman–Crippen LogP) is 3.07. The van der Waals surface area contributed by atoms with Crippen molar-refractivity contribution in [2.45, 2.75) is 38.8 Å². The SMILES string of the molecule is CC(C)(C)OC(=O)C[C@@H](N)c1ccccc1Cl. The normalized spacial score (nSPS) is 13.2. The second-order valence-electron chi connectivity index (χ2n) is 4.92. The highest BCUT2D eigenvalue weighted by Gasteiger charge is 2.20. The van der Waals surface area contributed by atoms with Gasteiger partial charge in [0, 0.05) is 11.1 Å². The molecule has 0 amide bonds. The van der Waals surface area contributed by atoms with E-state index in [0.29, 0.717) is 5.02 Å². The molecule has 1 atom stereocenters. The molecular formula is C13H18ClNO2. The topological polar surface area (TPSA) is 52.3 Å². The molecule has 0 spiro atoms. The number of nitrogens with two attached hydrogens (primary N) is 1. The third-order valence-corrected chi connectivity index (χ3v) is 2.46. The zero-order valence-corrected chi connectivity index (χ0v) is 11.1. The van der Waals surface area contributed by atoms with Crippen LogP contribution in [0.3, 0.4) is 0 Å². The van der Waals surface area contributed by atoms with Crippen LogP contribution in [0.2, 0.25) is 5.02 Å². The lowest BCUT2D eigenvalue weighted by molar-refractivity contribution is -0.155. The van der Waals surface area contributed by atoms with E-state index in [4.69, 9.17) is 22.1 Å². The Morgan fingerprint density at radius 1 is 1.41 bits per heavy atom. The Balaban J connectivity index is 2.64. The van der Waals surface area contributed by atoms with Crippen molar-refractivity contribution in [2.75, 3.05) is 0 Å². The van der Waals surface area contributed by atoms with Gasteiger partial charge >= 0.3 is 5.97 Å². The van der Waals surface area contributed by atoms with E-state index in [-0.39, 0.29) is 12.4 Å². The van der Waals surface area contributed by atoms with Crippen molar-refractivity contribution in [1.29, 1.82) is 0 Å². The quantitative estimate of drug-likeness (QED) is 0.845. The van der Waals surface area contributed by atoms with Crippen molar-refractivity contribution < 1.29 is 9.53 Å². The van der Waals surface area contributed by atoms with Crippen LogP contribution in [0.1, 0.15) is 38.8 Å². The van der Waals surface area contributed by atoms with E-state index >= 15 is 0 Å². The van der Waals surface area contributed by atoms with Gasteiger partial charge in [0.2, 0.25) is 0 Å². The molecule has 0 saturated carbocycles. The minimum atomic E-state index is -0.489.